The van der Waals surface area contributed by atoms with E-state index in [0.717, 1.165) is 16.7 Å². The summed E-state index contributed by atoms with van der Waals surface area (Å²) in [4.78, 5) is 19.3. The average Bonchev–Trinajstić information content (AvgIpc) is 2.85. The van der Waals surface area contributed by atoms with E-state index in [1.807, 2.05) is 80.6 Å². The predicted molar refractivity (Wildman–Crippen MR) is 131 cm³/mol. The molecule has 0 unspecified atom stereocenters. The summed E-state index contributed by atoms with van der Waals surface area (Å²) in [6, 6.07) is 27.4. The highest BCUT2D eigenvalue weighted by Crippen LogP contribution is 2.34. The maximum Gasteiger partial charge on any atom is 0.259 e. The number of halogens is 1. The highest BCUT2D eigenvalue weighted by Gasteiger charge is 2.29. The average molecular weight is 453 g/mol. The Morgan fingerprint density at radius 2 is 1.50 bits per heavy atom. The molecule has 0 radical (unpaired) electrons. The zero-order chi connectivity index (χ0) is 24.1. The number of rotatable bonds is 7. The van der Waals surface area contributed by atoms with Crippen LogP contribution in [-0.2, 0) is 0 Å². The van der Waals surface area contributed by atoms with Crippen molar-refractivity contribution in [3.05, 3.63) is 138 Å². The van der Waals surface area contributed by atoms with Crippen molar-refractivity contribution in [1.29, 1.82) is 0 Å². The van der Waals surface area contributed by atoms with Gasteiger partial charge in [-0.25, -0.2) is 4.98 Å². The second-order valence-corrected chi connectivity index (χ2v) is 8.03. The highest BCUT2D eigenvalue weighted by atomic mass is 19.1. The zero-order valence-corrected chi connectivity index (χ0v) is 19.1. The fraction of sp³-hybridized carbons (Fsp3) is 0.103. The Hall–Kier alpha value is -4.25. The maximum absolute atomic E-state index is 14.0. The Balaban J connectivity index is 1.75. The van der Waals surface area contributed by atoms with Gasteiger partial charge in [-0.2, -0.15) is 4.39 Å². The van der Waals surface area contributed by atoms with E-state index >= 15 is 0 Å². The molecular weight excluding hydrogens is 427 g/mol. The lowest BCUT2D eigenvalue weighted by molar-refractivity contribution is 0.0768. The third kappa shape index (κ3) is 5.04. The van der Waals surface area contributed by atoms with E-state index in [0.29, 0.717) is 22.8 Å². The molecule has 1 heterocycles. The quantitative estimate of drug-likeness (QED) is 0.281. The topological polar surface area (TPSA) is 42.4 Å². The van der Waals surface area contributed by atoms with Crippen LogP contribution in [0.25, 0.3) is 0 Å². The van der Waals surface area contributed by atoms with Gasteiger partial charge in [0, 0.05) is 11.3 Å². The lowest BCUT2D eigenvalue weighted by atomic mass is 9.95. The minimum absolute atomic E-state index is 0.189. The summed E-state index contributed by atoms with van der Waals surface area (Å²) in [7, 11) is 0. The normalized spacial score (nSPS) is 10.7. The van der Waals surface area contributed by atoms with Crippen LogP contribution in [0.3, 0.4) is 0 Å². The van der Waals surface area contributed by atoms with Gasteiger partial charge in [0.15, 0.2) is 0 Å². The number of hydrogen-bond donors (Lipinski definition) is 0. The van der Waals surface area contributed by atoms with Gasteiger partial charge in [-0.1, -0.05) is 73.3 Å². The fourth-order valence-corrected chi connectivity index (χ4v) is 3.86. The molecule has 0 atom stereocenters. The van der Waals surface area contributed by atoms with Crippen LogP contribution in [0.5, 0.6) is 11.5 Å². The second kappa shape index (κ2) is 10.1. The van der Waals surface area contributed by atoms with Crippen LogP contribution in [0.1, 0.15) is 40.0 Å². The SMILES string of the molecule is C=C(C)N(C(=O)c1cc(Oc2ccc(F)nc2)ccc1C)C(c1ccccc1)c1ccccc1. The molecular formula is C29H25FN2O2. The molecule has 34 heavy (non-hydrogen) atoms. The van der Waals surface area contributed by atoms with E-state index in [1.165, 1.54) is 18.3 Å². The minimum atomic E-state index is -0.586. The lowest BCUT2D eigenvalue weighted by Crippen LogP contribution is -2.34. The number of amides is 1. The van der Waals surface area contributed by atoms with Crippen molar-refractivity contribution in [1.82, 2.24) is 9.88 Å². The summed E-state index contributed by atoms with van der Waals surface area (Å²) in [5.41, 5.74) is 3.88. The lowest BCUT2D eigenvalue weighted by Gasteiger charge is -2.33. The standard InChI is InChI=1S/C29H25FN2O2/c1-20(2)32(28(22-10-6-4-7-11-22)23-12-8-5-9-13-23)29(33)26-18-24(15-14-21(26)3)34-25-16-17-27(30)31-19-25/h4-19,28H,1H2,2-3H3. The number of aryl methyl sites for hydroxylation is 1. The molecule has 4 rings (SSSR count). The van der Waals surface area contributed by atoms with Crippen LogP contribution in [0.4, 0.5) is 4.39 Å². The maximum atomic E-state index is 14.0. The molecule has 1 aromatic heterocycles. The summed E-state index contributed by atoms with van der Waals surface area (Å²) in [5, 5.41) is 0. The van der Waals surface area contributed by atoms with E-state index < -0.39 is 5.95 Å². The number of pyridine rings is 1. The number of nitrogens with zero attached hydrogens (tertiary/aromatic N) is 2. The van der Waals surface area contributed by atoms with E-state index in [-0.39, 0.29) is 11.9 Å². The van der Waals surface area contributed by atoms with Gasteiger partial charge in [0.1, 0.15) is 11.5 Å². The molecule has 0 bridgehead atoms. The van der Waals surface area contributed by atoms with Gasteiger partial charge in [0.2, 0.25) is 5.95 Å². The summed E-state index contributed by atoms with van der Waals surface area (Å²) in [6.45, 7) is 7.84. The Bertz CT molecular complexity index is 1250. The third-order valence-corrected chi connectivity index (χ3v) is 5.49. The van der Waals surface area contributed by atoms with E-state index in [4.69, 9.17) is 4.74 Å². The van der Waals surface area contributed by atoms with Crippen LogP contribution in [0, 0.1) is 12.9 Å². The summed E-state index contributed by atoms with van der Waals surface area (Å²) in [6.07, 6.45) is 1.30. The molecule has 5 heteroatoms. The van der Waals surface area contributed by atoms with Crippen molar-refractivity contribution in [3.8, 4) is 11.5 Å². The minimum Gasteiger partial charge on any atom is -0.456 e. The van der Waals surface area contributed by atoms with E-state index in [1.54, 1.807) is 17.0 Å². The number of carbonyl (C=O) groups is 1. The van der Waals surface area contributed by atoms with Crippen molar-refractivity contribution in [3.63, 3.8) is 0 Å². The van der Waals surface area contributed by atoms with Crippen LogP contribution >= 0.6 is 0 Å². The first-order chi connectivity index (χ1) is 16.4. The molecule has 4 aromatic rings. The first-order valence-corrected chi connectivity index (χ1v) is 10.9. The van der Waals surface area contributed by atoms with Crippen LogP contribution < -0.4 is 4.74 Å². The van der Waals surface area contributed by atoms with Gasteiger partial charge in [-0.15, -0.1) is 0 Å². The van der Waals surface area contributed by atoms with Crippen molar-refractivity contribution in [2.45, 2.75) is 19.9 Å². The molecule has 3 aromatic carbocycles. The molecule has 0 aliphatic heterocycles. The molecule has 0 fully saturated rings. The largest absolute Gasteiger partial charge is 0.456 e. The van der Waals surface area contributed by atoms with Gasteiger partial charge >= 0.3 is 0 Å². The van der Waals surface area contributed by atoms with Crippen LogP contribution in [-0.4, -0.2) is 15.8 Å². The summed E-state index contributed by atoms with van der Waals surface area (Å²) >= 11 is 0. The number of hydrogen-bond acceptors (Lipinski definition) is 3. The molecule has 170 valence electrons. The van der Waals surface area contributed by atoms with Gasteiger partial charge in [0.25, 0.3) is 5.91 Å². The number of allylic oxidation sites excluding steroid dienone is 1. The molecule has 0 saturated carbocycles. The second-order valence-electron chi connectivity index (χ2n) is 8.03. The number of ether oxygens (including phenoxy) is 1. The van der Waals surface area contributed by atoms with Crippen LogP contribution in [0.2, 0.25) is 0 Å². The van der Waals surface area contributed by atoms with E-state index in [2.05, 4.69) is 11.6 Å². The van der Waals surface area contributed by atoms with Crippen molar-refractivity contribution in [2.24, 2.45) is 0 Å². The Kier molecular flexibility index (Phi) is 6.83. The smallest absolute Gasteiger partial charge is 0.259 e. The molecule has 4 nitrogen and oxygen atoms in total. The van der Waals surface area contributed by atoms with Crippen molar-refractivity contribution in [2.75, 3.05) is 0 Å². The van der Waals surface area contributed by atoms with Gasteiger partial charge in [0.05, 0.1) is 12.2 Å². The van der Waals surface area contributed by atoms with E-state index in [9.17, 15) is 9.18 Å². The first-order valence-electron chi connectivity index (χ1n) is 10.9. The number of carbonyl (C=O) groups excluding carboxylic acids is 1. The Morgan fingerprint density at radius 3 is 2.03 bits per heavy atom. The third-order valence-electron chi connectivity index (χ3n) is 5.49. The van der Waals surface area contributed by atoms with Crippen LogP contribution in [0.15, 0.2) is 109 Å². The fourth-order valence-electron chi connectivity index (χ4n) is 3.86. The highest BCUT2D eigenvalue weighted by molar-refractivity contribution is 5.97. The molecule has 0 aliphatic rings. The summed E-state index contributed by atoms with van der Waals surface area (Å²) < 4.78 is 19.0. The van der Waals surface area contributed by atoms with Gasteiger partial charge < -0.3 is 9.64 Å². The predicted octanol–water partition coefficient (Wildman–Crippen LogP) is 7.09. The summed E-state index contributed by atoms with van der Waals surface area (Å²) in [5.74, 6) is 0.0642. The van der Waals surface area contributed by atoms with Gasteiger partial charge in [-0.3, -0.25) is 4.79 Å². The number of benzene rings is 3. The molecule has 1 amide bonds. The van der Waals surface area contributed by atoms with Crippen molar-refractivity contribution < 1.29 is 13.9 Å². The Morgan fingerprint density at radius 1 is 0.912 bits per heavy atom. The molecule has 0 N–H and O–H groups in total. The zero-order valence-electron chi connectivity index (χ0n) is 19.1. The number of aromatic nitrogens is 1. The molecule has 0 spiro atoms. The Labute approximate surface area is 199 Å². The molecule has 0 saturated heterocycles. The van der Waals surface area contributed by atoms with Gasteiger partial charge in [-0.05, 0) is 54.8 Å². The van der Waals surface area contributed by atoms with Crippen molar-refractivity contribution >= 4 is 5.91 Å². The first kappa shape index (κ1) is 22.9. The monoisotopic (exact) mass is 452 g/mol. The molecule has 0 aliphatic carbocycles.